The van der Waals surface area contributed by atoms with E-state index in [1.807, 2.05) is 30.3 Å². The molecule has 0 aliphatic carbocycles. The maximum Gasteiger partial charge on any atom is 0.212 e. The number of hydrogen-bond donors (Lipinski definition) is 1. The van der Waals surface area contributed by atoms with Crippen LogP contribution < -0.4 is 5.32 Å². The van der Waals surface area contributed by atoms with Crippen LogP contribution in [0.1, 0.15) is 0 Å². The van der Waals surface area contributed by atoms with Crippen molar-refractivity contribution in [2.45, 2.75) is 0 Å². The largest absolute Gasteiger partial charge is 0.354 e. The second-order valence-electron chi connectivity index (χ2n) is 2.70. The van der Waals surface area contributed by atoms with Gasteiger partial charge in [0.1, 0.15) is 0 Å². The molecule has 14 heavy (non-hydrogen) atoms. The zero-order valence-electron chi connectivity index (χ0n) is 7.31. The molecule has 0 unspecified atom stereocenters. The number of hydrogen-bond acceptors (Lipinski definition) is 3. The van der Waals surface area contributed by atoms with Crippen LogP contribution in [-0.2, 0) is 4.79 Å². The van der Waals surface area contributed by atoms with Gasteiger partial charge in [0, 0.05) is 11.6 Å². The van der Waals surface area contributed by atoms with Gasteiger partial charge in [-0.05, 0) is 0 Å². The molecule has 0 atom stereocenters. The third-order valence-electron chi connectivity index (χ3n) is 1.78. The number of carbonyl (C=O) groups excluding carboxylic acids is 1. The molecule has 70 valence electrons. The molecule has 1 N–H and O–H groups in total. The van der Waals surface area contributed by atoms with Gasteiger partial charge in [0.25, 0.3) is 0 Å². The highest BCUT2D eigenvalue weighted by molar-refractivity contribution is 5.71. The maximum atomic E-state index is 10.1. The highest BCUT2D eigenvalue weighted by Gasteiger charge is 2.04. The Bertz CT molecular complexity index is 423. The van der Waals surface area contributed by atoms with E-state index in [1.165, 1.54) is 0 Å². The summed E-state index contributed by atoms with van der Waals surface area (Å²) >= 11 is 0. The maximum absolute atomic E-state index is 10.1. The summed E-state index contributed by atoms with van der Waals surface area (Å²) in [6.45, 7) is 0. The molecular formula is C10H8N2O2. The van der Waals surface area contributed by atoms with E-state index >= 15 is 0 Å². The fourth-order valence-corrected chi connectivity index (χ4v) is 1.14. The summed E-state index contributed by atoms with van der Waals surface area (Å²) in [5.41, 5.74) is 0.930. The Hall–Kier alpha value is -2.10. The van der Waals surface area contributed by atoms with Crippen molar-refractivity contribution in [1.29, 1.82) is 0 Å². The summed E-state index contributed by atoms with van der Waals surface area (Å²) in [5.74, 6) is 1.05. The van der Waals surface area contributed by atoms with E-state index in [-0.39, 0.29) is 0 Å². The van der Waals surface area contributed by atoms with E-state index in [0.717, 1.165) is 5.56 Å². The number of anilines is 1. The van der Waals surface area contributed by atoms with E-state index < -0.39 is 0 Å². The average Bonchev–Trinajstić information content (AvgIpc) is 2.68. The molecule has 0 spiro atoms. The molecule has 0 fully saturated rings. The van der Waals surface area contributed by atoms with Crippen LogP contribution in [-0.4, -0.2) is 11.6 Å². The minimum absolute atomic E-state index is 0.416. The van der Waals surface area contributed by atoms with Gasteiger partial charge < -0.3 is 9.84 Å². The Morgan fingerprint density at radius 2 is 2.07 bits per heavy atom. The number of benzene rings is 1. The van der Waals surface area contributed by atoms with Crippen molar-refractivity contribution < 1.29 is 9.32 Å². The number of carbonyl (C=O) groups is 1. The minimum Gasteiger partial charge on any atom is -0.354 e. The molecule has 0 saturated carbocycles. The Morgan fingerprint density at radius 1 is 1.29 bits per heavy atom. The normalized spacial score (nSPS) is 9.71. The van der Waals surface area contributed by atoms with E-state index in [0.29, 0.717) is 18.0 Å². The van der Waals surface area contributed by atoms with Gasteiger partial charge in [0.05, 0.1) is 0 Å². The van der Waals surface area contributed by atoms with Crippen LogP contribution in [0.3, 0.4) is 0 Å². The summed E-state index contributed by atoms with van der Waals surface area (Å²) in [4.78, 5) is 10.1. The third-order valence-corrected chi connectivity index (χ3v) is 1.78. The molecule has 0 saturated heterocycles. The quantitative estimate of drug-likeness (QED) is 0.748. The van der Waals surface area contributed by atoms with E-state index in [9.17, 15) is 4.79 Å². The van der Waals surface area contributed by atoms with Crippen LogP contribution in [0.4, 0.5) is 5.82 Å². The fraction of sp³-hybridized carbons (Fsp3) is 0. The second kappa shape index (κ2) is 3.74. The van der Waals surface area contributed by atoms with Gasteiger partial charge in [-0.3, -0.25) is 4.79 Å². The van der Waals surface area contributed by atoms with Crippen LogP contribution in [0.5, 0.6) is 0 Å². The zero-order valence-corrected chi connectivity index (χ0v) is 7.31. The molecule has 0 radical (unpaired) electrons. The van der Waals surface area contributed by atoms with Crippen LogP contribution in [0.15, 0.2) is 40.9 Å². The van der Waals surface area contributed by atoms with Gasteiger partial charge in [-0.2, -0.15) is 0 Å². The molecule has 2 aromatic rings. The molecule has 1 heterocycles. The lowest BCUT2D eigenvalue weighted by atomic mass is 10.2. The van der Waals surface area contributed by atoms with Crippen molar-refractivity contribution in [3.63, 3.8) is 0 Å². The van der Waals surface area contributed by atoms with Gasteiger partial charge in [-0.25, -0.2) is 0 Å². The lowest BCUT2D eigenvalue weighted by molar-refractivity contribution is -0.105. The summed E-state index contributed by atoms with van der Waals surface area (Å²) in [6.07, 6.45) is 0.562. The minimum atomic E-state index is 0.416. The van der Waals surface area contributed by atoms with Crippen LogP contribution in [0, 0.1) is 0 Å². The number of amides is 1. The summed E-state index contributed by atoms with van der Waals surface area (Å²) in [7, 11) is 0. The Morgan fingerprint density at radius 3 is 2.79 bits per heavy atom. The summed E-state index contributed by atoms with van der Waals surface area (Å²) in [5, 5.41) is 6.08. The van der Waals surface area contributed by atoms with Crippen molar-refractivity contribution in [3.8, 4) is 11.3 Å². The Labute approximate surface area is 80.5 Å². The molecular weight excluding hydrogens is 180 g/mol. The Kier molecular flexibility index (Phi) is 2.27. The van der Waals surface area contributed by atoms with Crippen LogP contribution in [0.25, 0.3) is 11.3 Å². The smallest absolute Gasteiger partial charge is 0.212 e. The standard InChI is InChI=1S/C10H8N2O2/c13-7-11-10-6-9(14-12-10)8-4-2-1-3-5-8/h1-7H,(H,11,12,13). The molecule has 2 rings (SSSR count). The van der Waals surface area contributed by atoms with Gasteiger partial charge >= 0.3 is 0 Å². The molecule has 0 bridgehead atoms. The highest BCUT2D eigenvalue weighted by atomic mass is 16.5. The lowest BCUT2D eigenvalue weighted by Crippen LogP contribution is -1.92. The molecule has 0 aliphatic heterocycles. The van der Waals surface area contributed by atoms with Crippen molar-refractivity contribution >= 4 is 12.2 Å². The predicted octanol–water partition coefficient (Wildman–Crippen LogP) is 1.91. The number of rotatable bonds is 3. The van der Waals surface area contributed by atoms with Gasteiger partial charge in [0.15, 0.2) is 11.6 Å². The number of nitrogens with zero attached hydrogens (tertiary/aromatic N) is 1. The fourth-order valence-electron chi connectivity index (χ4n) is 1.14. The monoisotopic (exact) mass is 188 g/mol. The highest BCUT2D eigenvalue weighted by Crippen LogP contribution is 2.21. The molecule has 1 amide bonds. The van der Waals surface area contributed by atoms with Crippen LogP contribution in [0.2, 0.25) is 0 Å². The number of nitrogens with one attached hydrogen (secondary N) is 1. The predicted molar refractivity (Wildman–Crippen MR) is 51.6 cm³/mol. The van der Waals surface area contributed by atoms with Crippen LogP contribution >= 0.6 is 0 Å². The third kappa shape index (κ3) is 1.64. The summed E-state index contributed by atoms with van der Waals surface area (Å²) < 4.78 is 5.03. The Balaban J connectivity index is 2.29. The van der Waals surface area contributed by atoms with Crippen molar-refractivity contribution in [1.82, 2.24) is 5.16 Å². The molecule has 4 heteroatoms. The second-order valence-corrected chi connectivity index (χ2v) is 2.70. The van der Waals surface area contributed by atoms with Gasteiger partial charge in [-0.15, -0.1) is 0 Å². The van der Waals surface area contributed by atoms with E-state index in [2.05, 4.69) is 10.5 Å². The first-order valence-corrected chi connectivity index (χ1v) is 4.12. The first-order valence-electron chi connectivity index (χ1n) is 4.12. The number of aromatic nitrogens is 1. The summed E-state index contributed by atoms with van der Waals surface area (Å²) in [6, 6.07) is 11.2. The van der Waals surface area contributed by atoms with Crippen molar-refractivity contribution in [2.24, 2.45) is 0 Å². The van der Waals surface area contributed by atoms with Gasteiger partial charge in [-0.1, -0.05) is 35.5 Å². The van der Waals surface area contributed by atoms with Gasteiger partial charge in [0.2, 0.25) is 6.41 Å². The SMILES string of the molecule is O=CNc1cc(-c2ccccc2)on1. The van der Waals surface area contributed by atoms with E-state index in [1.54, 1.807) is 6.07 Å². The first-order chi connectivity index (χ1) is 6.90. The average molecular weight is 188 g/mol. The van der Waals surface area contributed by atoms with Crippen molar-refractivity contribution in [2.75, 3.05) is 5.32 Å². The molecule has 1 aromatic heterocycles. The zero-order chi connectivity index (χ0) is 9.80. The van der Waals surface area contributed by atoms with Crippen molar-refractivity contribution in [3.05, 3.63) is 36.4 Å². The lowest BCUT2D eigenvalue weighted by Gasteiger charge is -1.91. The molecule has 4 nitrogen and oxygen atoms in total. The first kappa shape index (κ1) is 8.50. The molecule has 0 aliphatic rings. The molecule has 1 aromatic carbocycles. The topological polar surface area (TPSA) is 55.1 Å². The van der Waals surface area contributed by atoms with E-state index in [4.69, 9.17) is 4.52 Å².